The Labute approximate surface area is 253 Å². The van der Waals surface area contributed by atoms with Crippen molar-refractivity contribution in [2.24, 2.45) is 0 Å². The number of rotatable bonds is 12. The highest BCUT2D eigenvalue weighted by Crippen LogP contribution is 2.28. The molecule has 5 rings (SSSR count). The van der Waals surface area contributed by atoms with Crippen LogP contribution in [0.5, 0.6) is 5.75 Å². The first-order chi connectivity index (χ1) is 20.9. The van der Waals surface area contributed by atoms with E-state index in [0.29, 0.717) is 42.3 Å². The van der Waals surface area contributed by atoms with Crippen LogP contribution in [0.4, 0.5) is 4.39 Å². The van der Waals surface area contributed by atoms with E-state index in [1.165, 1.54) is 15.3 Å². The molecule has 0 bridgehead atoms. The zero-order valence-electron chi connectivity index (χ0n) is 24.0. The monoisotopic (exact) mass is 597 g/mol. The van der Waals surface area contributed by atoms with Crippen LogP contribution in [0.2, 0.25) is 0 Å². The number of aryl methyl sites for hydroxylation is 2. The molecule has 0 saturated heterocycles. The van der Waals surface area contributed by atoms with Gasteiger partial charge in [0.15, 0.2) is 0 Å². The molecule has 0 atom stereocenters. The third-order valence-corrected chi connectivity index (χ3v) is 7.86. The van der Waals surface area contributed by atoms with Crippen molar-refractivity contribution in [3.05, 3.63) is 124 Å². The molecular weight excluding hydrogens is 565 g/mol. The number of para-hydroxylation sites is 1. The Kier molecular flexibility index (Phi) is 9.41. The first-order valence-electron chi connectivity index (χ1n) is 14.0. The number of ether oxygens (including phenoxy) is 1. The van der Waals surface area contributed by atoms with Gasteiger partial charge in [-0.2, -0.15) is 4.68 Å². The van der Waals surface area contributed by atoms with Gasteiger partial charge in [0.2, 0.25) is 0 Å². The van der Waals surface area contributed by atoms with Crippen molar-refractivity contribution in [1.29, 1.82) is 0 Å². The summed E-state index contributed by atoms with van der Waals surface area (Å²) >= 11 is 1.61. The summed E-state index contributed by atoms with van der Waals surface area (Å²) in [4.78, 5) is 25.9. The van der Waals surface area contributed by atoms with Crippen molar-refractivity contribution in [3.63, 3.8) is 0 Å². The molecule has 5 aromatic rings. The Morgan fingerprint density at radius 1 is 0.953 bits per heavy atom. The van der Waals surface area contributed by atoms with Crippen LogP contribution in [0.1, 0.15) is 30.3 Å². The molecule has 9 heteroatoms. The second kappa shape index (κ2) is 13.6. The molecule has 0 aliphatic heterocycles. The number of carboxylic acid groups (broad SMARTS) is 1. The Balaban J connectivity index is 1.35. The van der Waals surface area contributed by atoms with Gasteiger partial charge in [0.05, 0.1) is 24.4 Å². The first kappa shape index (κ1) is 29.8. The molecule has 0 spiro atoms. The van der Waals surface area contributed by atoms with Crippen LogP contribution >= 0.6 is 11.8 Å². The summed E-state index contributed by atoms with van der Waals surface area (Å²) in [6.07, 6.45) is 3.77. The van der Waals surface area contributed by atoms with Crippen LogP contribution in [-0.2, 0) is 24.1 Å². The van der Waals surface area contributed by atoms with Crippen molar-refractivity contribution >= 4 is 17.7 Å². The molecule has 220 valence electrons. The summed E-state index contributed by atoms with van der Waals surface area (Å²) in [6.45, 7) is 2.33. The van der Waals surface area contributed by atoms with Crippen LogP contribution < -0.4 is 10.4 Å². The Hall–Kier alpha value is -4.63. The average Bonchev–Trinajstić information content (AvgIpc) is 3.34. The Bertz CT molecular complexity index is 1780. The minimum Gasteiger partial charge on any atom is -0.494 e. The third kappa shape index (κ3) is 6.89. The quantitative estimate of drug-likeness (QED) is 0.160. The van der Waals surface area contributed by atoms with Gasteiger partial charge in [-0.3, -0.25) is 4.79 Å². The summed E-state index contributed by atoms with van der Waals surface area (Å²) in [5, 5.41) is 13.9. The van der Waals surface area contributed by atoms with Crippen molar-refractivity contribution in [1.82, 2.24) is 14.3 Å². The fourth-order valence-corrected chi connectivity index (χ4v) is 5.42. The molecule has 0 fully saturated rings. The minimum absolute atomic E-state index is 0.113. The number of hydrogen-bond acceptors (Lipinski definition) is 5. The lowest BCUT2D eigenvalue weighted by Crippen LogP contribution is -2.24. The smallest absolute Gasteiger partial charge is 0.355 e. The number of thioether (sulfide) groups is 1. The van der Waals surface area contributed by atoms with Crippen LogP contribution in [0.15, 0.2) is 101 Å². The second-order valence-corrected chi connectivity index (χ2v) is 10.9. The molecule has 7 nitrogen and oxygen atoms in total. The number of nitrogens with zero attached hydrogens (tertiary/aromatic N) is 3. The number of aromatic nitrogens is 3. The highest BCUT2D eigenvalue weighted by molar-refractivity contribution is 7.98. The van der Waals surface area contributed by atoms with Crippen molar-refractivity contribution < 1.29 is 19.0 Å². The van der Waals surface area contributed by atoms with Gasteiger partial charge in [0.25, 0.3) is 0 Å². The molecule has 1 N–H and O–H groups in total. The van der Waals surface area contributed by atoms with Crippen molar-refractivity contribution in [2.75, 3.05) is 12.9 Å². The molecule has 0 aliphatic rings. The van der Waals surface area contributed by atoms with Crippen LogP contribution in [0.25, 0.3) is 22.5 Å². The van der Waals surface area contributed by atoms with Gasteiger partial charge in [0.1, 0.15) is 17.4 Å². The number of halogens is 1. The Morgan fingerprint density at radius 3 is 2.35 bits per heavy atom. The Morgan fingerprint density at radius 2 is 1.67 bits per heavy atom. The SMILES string of the molecule is CCOc1ccc(-c2ccc(CCCc3nn(-c4ccc(SC)cc4)c(=O)n3-c3ccccc3F)cc2)cc1CC(=O)O. The topological polar surface area (TPSA) is 86.4 Å². The van der Waals surface area contributed by atoms with Gasteiger partial charge in [-0.15, -0.1) is 16.9 Å². The maximum Gasteiger partial charge on any atom is 0.355 e. The molecule has 0 amide bonds. The highest BCUT2D eigenvalue weighted by atomic mass is 32.2. The number of hydrogen-bond donors (Lipinski definition) is 1. The van der Waals surface area contributed by atoms with Crippen LogP contribution in [-0.4, -0.2) is 38.3 Å². The molecule has 0 saturated carbocycles. The molecule has 0 radical (unpaired) electrons. The van der Waals surface area contributed by atoms with Gasteiger partial charge in [-0.1, -0.05) is 42.5 Å². The molecule has 0 aliphatic carbocycles. The van der Waals surface area contributed by atoms with Gasteiger partial charge in [-0.05, 0) is 91.2 Å². The largest absolute Gasteiger partial charge is 0.494 e. The maximum atomic E-state index is 14.8. The van der Waals surface area contributed by atoms with E-state index in [9.17, 15) is 19.1 Å². The van der Waals surface area contributed by atoms with Gasteiger partial charge in [0, 0.05) is 16.9 Å². The standard InChI is InChI=1S/C34H32FN3O4S/c1-3-42-31-20-15-25(21-26(31)22-33(39)40)24-13-11-23(12-14-24)7-6-10-32-36-38(27-16-18-28(43-2)19-17-27)34(41)37(32)30-9-5-4-8-29(30)35/h4-5,8-9,11-21H,3,6-7,10,22H2,1-2H3,(H,39,40). The molecule has 4 aromatic carbocycles. The van der Waals surface area contributed by atoms with E-state index in [4.69, 9.17) is 4.74 Å². The fourth-order valence-electron chi connectivity index (χ4n) is 5.01. The number of carbonyl (C=O) groups is 1. The van der Waals surface area contributed by atoms with E-state index >= 15 is 0 Å². The lowest BCUT2D eigenvalue weighted by atomic mass is 9.98. The van der Waals surface area contributed by atoms with Gasteiger partial charge >= 0.3 is 11.7 Å². The second-order valence-electron chi connectivity index (χ2n) is 9.97. The van der Waals surface area contributed by atoms with E-state index in [0.717, 1.165) is 28.0 Å². The zero-order valence-corrected chi connectivity index (χ0v) is 24.8. The van der Waals surface area contributed by atoms with Crippen LogP contribution in [0.3, 0.4) is 0 Å². The summed E-state index contributed by atoms with van der Waals surface area (Å²) in [5.41, 5.74) is 4.00. The molecular formula is C34H32FN3O4S. The van der Waals surface area contributed by atoms with E-state index in [2.05, 4.69) is 5.10 Å². The van der Waals surface area contributed by atoms with Crippen molar-refractivity contribution in [3.8, 4) is 28.3 Å². The maximum absolute atomic E-state index is 14.8. The minimum atomic E-state index is -0.910. The van der Waals surface area contributed by atoms with E-state index in [1.807, 2.05) is 79.9 Å². The lowest BCUT2D eigenvalue weighted by Gasteiger charge is -2.12. The van der Waals surface area contributed by atoms with E-state index in [-0.39, 0.29) is 12.1 Å². The summed E-state index contributed by atoms with van der Waals surface area (Å²) in [7, 11) is 0. The molecule has 1 heterocycles. The highest BCUT2D eigenvalue weighted by Gasteiger charge is 2.18. The van der Waals surface area contributed by atoms with Crippen LogP contribution in [0, 0.1) is 5.82 Å². The molecule has 43 heavy (non-hydrogen) atoms. The summed E-state index contributed by atoms with van der Waals surface area (Å²) < 4.78 is 23.1. The van der Waals surface area contributed by atoms with E-state index < -0.39 is 17.5 Å². The predicted molar refractivity (Wildman–Crippen MR) is 167 cm³/mol. The van der Waals surface area contributed by atoms with Crippen molar-refractivity contribution in [2.45, 2.75) is 37.5 Å². The zero-order chi connectivity index (χ0) is 30.3. The number of aliphatic carboxylic acids is 1. The summed E-state index contributed by atoms with van der Waals surface area (Å²) in [6, 6.07) is 27.5. The number of benzene rings is 4. The lowest BCUT2D eigenvalue weighted by molar-refractivity contribution is -0.136. The average molecular weight is 598 g/mol. The fraction of sp³-hybridized carbons (Fsp3) is 0.206. The predicted octanol–water partition coefficient (Wildman–Crippen LogP) is 6.75. The molecule has 1 aromatic heterocycles. The first-order valence-corrected chi connectivity index (χ1v) is 15.3. The third-order valence-electron chi connectivity index (χ3n) is 7.11. The normalized spacial score (nSPS) is 11.0. The number of carboxylic acids is 1. The van der Waals surface area contributed by atoms with Gasteiger partial charge in [-0.25, -0.2) is 13.8 Å². The molecule has 0 unspecified atom stereocenters. The van der Waals surface area contributed by atoms with Gasteiger partial charge < -0.3 is 9.84 Å². The summed E-state index contributed by atoms with van der Waals surface area (Å²) in [5.74, 6) is -0.328. The van der Waals surface area contributed by atoms with E-state index in [1.54, 1.807) is 30.0 Å².